The van der Waals surface area contributed by atoms with Crippen molar-refractivity contribution in [2.45, 2.75) is 6.04 Å². The molecule has 0 aliphatic carbocycles. The predicted molar refractivity (Wildman–Crippen MR) is 100 cm³/mol. The van der Waals surface area contributed by atoms with Gasteiger partial charge in [0.1, 0.15) is 22.8 Å². The third-order valence-electron chi connectivity index (χ3n) is 4.19. The number of hydrogen-bond acceptors (Lipinski definition) is 6. The van der Waals surface area contributed by atoms with Crippen LogP contribution in [0.25, 0.3) is 22.2 Å². The number of aromatic nitrogens is 2. The van der Waals surface area contributed by atoms with Crippen LogP contribution in [0, 0.1) is 0 Å². The Morgan fingerprint density at radius 2 is 2.04 bits per heavy atom. The van der Waals surface area contributed by atoms with Crippen LogP contribution in [0.4, 0.5) is 5.82 Å². The lowest BCUT2D eigenvalue weighted by Gasteiger charge is -2.13. The summed E-state index contributed by atoms with van der Waals surface area (Å²) in [7, 11) is 1.59. The highest BCUT2D eigenvalue weighted by Crippen LogP contribution is 2.32. The van der Waals surface area contributed by atoms with Crippen LogP contribution in [0.5, 0.6) is 5.75 Å². The van der Waals surface area contributed by atoms with Gasteiger partial charge in [-0.05, 0) is 17.7 Å². The number of carbonyl (C=O) groups excluding carboxylic acids is 1. The first-order valence-electron chi connectivity index (χ1n) is 8.20. The lowest BCUT2D eigenvalue weighted by atomic mass is 10.0. The van der Waals surface area contributed by atoms with Gasteiger partial charge in [0.15, 0.2) is 5.82 Å². The quantitative estimate of drug-likeness (QED) is 0.756. The Morgan fingerprint density at radius 1 is 1.19 bits per heavy atom. The van der Waals surface area contributed by atoms with E-state index in [4.69, 9.17) is 4.74 Å². The lowest BCUT2D eigenvalue weighted by Crippen LogP contribution is -2.38. The summed E-state index contributed by atoms with van der Waals surface area (Å²) in [5.41, 5.74) is 3.31. The number of ether oxygens (including phenoxy) is 1. The molecule has 1 aromatic heterocycles. The van der Waals surface area contributed by atoms with Crippen LogP contribution < -0.4 is 15.4 Å². The van der Waals surface area contributed by atoms with E-state index in [1.54, 1.807) is 13.3 Å². The number of carbonyl (C=O) groups is 1. The predicted octanol–water partition coefficient (Wildman–Crippen LogP) is 2.24. The molecule has 3 aromatic rings. The minimum Gasteiger partial charge on any atom is -0.494 e. The minimum absolute atomic E-state index is 0.200. The number of benzene rings is 2. The molecule has 26 heavy (non-hydrogen) atoms. The van der Waals surface area contributed by atoms with E-state index in [1.807, 2.05) is 42.5 Å². The number of aliphatic imine (C=N–C) groups is 1. The highest BCUT2D eigenvalue weighted by Gasteiger charge is 2.20. The van der Waals surface area contributed by atoms with Gasteiger partial charge in [0.05, 0.1) is 26.2 Å². The molecule has 1 aliphatic heterocycles. The lowest BCUT2D eigenvalue weighted by molar-refractivity contribution is -0.117. The molecule has 2 N–H and O–H groups in total. The van der Waals surface area contributed by atoms with Gasteiger partial charge in [-0.15, -0.1) is 0 Å². The second-order valence-electron chi connectivity index (χ2n) is 5.84. The Hall–Kier alpha value is -3.48. The molecule has 2 aromatic carbocycles. The second-order valence-corrected chi connectivity index (χ2v) is 5.84. The van der Waals surface area contributed by atoms with Crippen LogP contribution in [0.1, 0.15) is 0 Å². The fourth-order valence-corrected chi connectivity index (χ4v) is 2.88. The zero-order chi connectivity index (χ0) is 17.9. The Balaban J connectivity index is 1.73. The molecule has 130 valence electrons. The van der Waals surface area contributed by atoms with Crippen LogP contribution in [0.2, 0.25) is 0 Å². The molecule has 0 radical (unpaired) electrons. The maximum absolute atomic E-state index is 12.2. The number of amides is 1. The van der Waals surface area contributed by atoms with Crippen LogP contribution in [0.15, 0.2) is 53.7 Å². The molecule has 0 bridgehead atoms. The normalized spacial score (nSPS) is 15.7. The Bertz CT molecular complexity index is 980. The summed E-state index contributed by atoms with van der Waals surface area (Å²) in [6, 6.07) is 13.4. The summed E-state index contributed by atoms with van der Waals surface area (Å²) >= 11 is 0. The molecule has 1 atom stereocenters. The summed E-state index contributed by atoms with van der Waals surface area (Å²) in [6.07, 6.45) is 3.09. The number of anilines is 1. The highest BCUT2D eigenvalue weighted by atomic mass is 16.5. The Kier molecular flexibility index (Phi) is 4.18. The summed E-state index contributed by atoms with van der Waals surface area (Å²) in [5, 5.41) is 5.67. The van der Waals surface area contributed by atoms with E-state index in [1.165, 1.54) is 6.34 Å². The number of fused-ring (bicyclic) bond motifs is 1. The molecular formula is C19H17N5O2. The molecule has 1 amide bonds. The number of methoxy groups -OCH3 is 1. The summed E-state index contributed by atoms with van der Waals surface area (Å²) in [4.78, 5) is 25.3. The molecule has 0 spiro atoms. The first-order valence-corrected chi connectivity index (χ1v) is 8.20. The van der Waals surface area contributed by atoms with E-state index in [0.717, 1.165) is 16.6 Å². The molecular weight excluding hydrogens is 330 g/mol. The molecule has 7 heteroatoms. The highest BCUT2D eigenvalue weighted by molar-refractivity contribution is 5.99. The van der Waals surface area contributed by atoms with E-state index in [9.17, 15) is 4.79 Å². The number of nitrogens with one attached hydrogen (secondary N) is 2. The van der Waals surface area contributed by atoms with Crippen LogP contribution in [-0.2, 0) is 4.79 Å². The maximum atomic E-state index is 12.2. The molecule has 0 saturated carbocycles. The van der Waals surface area contributed by atoms with E-state index >= 15 is 0 Å². The average Bonchev–Trinajstić information content (AvgIpc) is 3.23. The van der Waals surface area contributed by atoms with Crippen molar-refractivity contribution >= 4 is 29.1 Å². The zero-order valence-electron chi connectivity index (χ0n) is 14.1. The standard InChI is InChI=1S/C19H17N5O2/c1-26-15-8-7-13(12-5-3-2-4-6-12)17-18(15)23-16(10-21-17)24-19(25)14-9-20-11-22-14/h2-8,10-11,14H,9H2,1H3,(H,20,22)(H,23,24,25). The van der Waals surface area contributed by atoms with Gasteiger partial charge in [0, 0.05) is 5.56 Å². The molecule has 2 heterocycles. The van der Waals surface area contributed by atoms with E-state index in [2.05, 4.69) is 25.6 Å². The van der Waals surface area contributed by atoms with Crippen molar-refractivity contribution in [3.63, 3.8) is 0 Å². The topological polar surface area (TPSA) is 88.5 Å². The van der Waals surface area contributed by atoms with Crippen molar-refractivity contribution in [3.8, 4) is 16.9 Å². The maximum Gasteiger partial charge on any atom is 0.250 e. The monoisotopic (exact) mass is 347 g/mol. The smallest absolute Gasteiger partial charge is 0.250 e. The molecule has 0 saturated heterocycles. The van der Waals surface area contributed by atoms with Crippen LogP contribution in [-0.4, -0.2) is 41.9 Å². The van der Waals surface area contributed by atoms with Gasteiger partial charge in [0.25, 0.3) is 0 Å². The average molecular weight is 347 g/mol. The van der Waals surface area contributed by atoms with Crippen molar-refractivity contribution in [3.05, 3.63) is 48.7 Å². The van der Waals surface area contributed by atoms with Crippen molar-refractivity contribution in [2.75, 3.05) is 19.0 Å². The van der Waals surface area contributed by atoms with Gasteiger partial charge in [-0.25, -0.2) is 9.97 Å². The molecule has 4 rings (SSSR count). The zero-order valence-corrected chi connectivity index (χ0v) is 14.1. The third kappa shape index (κ3) is 2.95. The molecule has 1 aliphatic rings. The first kappa shape index (κ1) is 16.0. The molecule has 7 nitrogen and oxygen atoms in total. The van der Waals surface area contributed by atoms with E-state index in [0.29, 0.717) is 23.6 Å². The van der Waals surface area contributed by atoms with Gasteiger partial charge < -0.3 is 15.4 Å². The van der Waals surface area contributed by atoms with Crippen molar-refractivity contribution < 1.29 is 9.53 Å². The summed E-state index contributed by atoms with van der Waals surface area (Å²) < 4.78 is 5.43. The molecule has 1 unspecified atom stereocenters. The number of rotatable bonds is 4. The van der Waals surface area contributed by atoms with Crippen LogP contribution >= 0.6 is 0 Å². The summed E-state index contributed by atoms with van der Waals surface area (Å²) in [5.74, 6) is 0.777. The Morgan fingerprint density at radius 3 is 2.77 bits per heavy atom. The first-order chi connectivity index (χ1) is 12.8. The molecule has 0 fully saturated rings. The SMILES string of the molecule is COc1ccc(-c2ccccc2)c2ncc(NC(=O)C3CN=CN3)nc12. The third-order valence-corrected chi connectivity index (χ3v) is 4.19. The van der Waals surface area contributed by atoms with Crippen molar-refractivity contribution in [2.24, 2.45) is 4.99 Å². The van der Waals surface area contributed by atoms with Gasteiger partial charge in [-0.3, -0.25) is 9.79 Å². The fraction of sp³-hybridized carbons (Fsp3) is 0.158. The van der Waals surface area contributed by atoms with Crippen LogP contribution in [0.3, 0.4) is 0 Å². The van der Waals surface area contributed by atoms with Gasteiger partial charge in [0.2, 0.25) is 5.91 Å². The second kappa shape index (κ2) is 6.79. The van der Waals surface area contributed by atoms with Gasteiger partial charge >= 0.3 is 0 Å². The fourth-order valence-electron chi connectivity index (χ4n) is 2.88. The number of hydrogen-bond donors (Lipinski definition) is 2. The van der Waals surface area contributed by atoms with Gasteiger partial charge in [-0.1, -0.05) is 30.3 Å². The largest absolute Gasteiger partial charge is 0.494 e. The van der Waals surface area contributed by atoms with Gasteiger partial charge in [-0.2, -0.15) is 0 Å². The van der Waals surface area contributed by atoms with Crippen molar-refractivity contribution in [1.82, 2.24) is 15.3 Å². The Labute approximate surface area is 150 Å². The van der Waals surface area contributed by atoms with Crippen molar-refractivity contribution in [1.29, 1.82) is 0 Å². The van der Waals surface area contributed by atoms with E-state index < -0.39 is 0 Å². The summed E-state index contributed by atoms with van der Waals surface area (Å²) in [6.45, 7) is 0.411. The van der Waals surface area contributed by atoms with E-state index in [-0.39, 0.29) is 11.9 Å². The number of nitrogens with zero attached hydrogens (tertiary/aromatic N) is 3. The minimum atomic E-state index is -0.384.